The van der Waals surface area contributed by atoms with Gasteiger partial charge in [0.1, 0.15) is 11.5 Å². The fourth-order valence-corrected chi connectivity index (χ4v) is 4.21. The maximum absolute atomic E-state index is 13.2. The SMILES string of the molecule is CS(=O)(=O)c1cccc2c1c(=O)c(C(=O)Oc1ccccc1)nn2-c1ccc(OC(F)(F)F)cc1. The zero-order valence-corrected chi connectivity index (χ0v) is 18.6. The monoisotopic (exact) mass is 504 g/mol. The number of hydrogen-bond acceptors (Lipinski definition) is 7. The number of alkyl halides is 3. The molecular formula is C23H15F3N2O6S. The fraction of sp³-hybridized carbons (Fsp3) is 0.0870. The Labute approximate surface area is 196 Å². The van der Waals surface area contributed by atoms with Crippen molar-refractivity contribution >= 4 is 26.7 Å². The first-order valence-corrected chi connectivity index (χ1v) is 11.7. The lowest BCUT2D eigenvalue weighted by Crippen LogP contribution is -2.26. The molecule has 0 aliphatic rings. The molecule has 0 atom stereocenters. The lowest BCUT2D eigenvalue weighted by atomic mass is 10.2. The molecule has 0 amide bonds. The standard InChI is InChI=1S/C23H15F3N2O6S/c1-35(31,32)18-9-5-8-17-19(18)21(29)20(22(30)33-15-6-3-2-4-7-15)27-28(17)14-10-12-16(13-11-14)34-23(24,25)26/h2-13H,1H3. The Hall–Kier alpha value is -4.19. The van der Waals surface area contributed by atoms with Gasteiger partial charge < -0.3 is 9.47 Å². The summed E-state index contributed by atoms with van der Waals surface area (Å²) < 4.78 is 72.5. The van der Waals surface area contributed by atoms with E-state index < -0.39 is 39.0 Å². The summed E-state index contributed by atoms with van der Waals surface area (Å²) in [5.74, 6) is -1.53. The molecule has 0 unspecified atom stereocenters. The van der Waals surface area contributed by atoms with Crippen LogP contribution in [0.15, 0.2) is 82.5 Å². The summed E-state index contributed by atoms with van der Waals surface area (Å²) in [6.07, 6.45) is -4.00. The number of nitrogens with zero attached hydrogens (tertiary/aromatic N) is 2. The van der Waals surface area contributed by atoms with Crippen molar-refractivity contribution in [3.63, 3.8) is 0 Å². The van der Waals surface area contributed by atoms with Crippen molar-refractivity contribution in [3.8, 4) is 17.2 Å². The predicted molar refractivity (Wildman–Crippen MR) is 119 cm³/mol. The van der Waals surface area contributed by atoms with Gasteiger partial charge in [0.2, 0.25) is 11.1 Å². The maximum atomic E-state index is 13.2. The minimum absolute atomic E-state index is 0.0127. The van der Waals surface area contributed by atoms with Gasteiger partial charge in [-0.05, 0) is 48.5 Å². The fourth-order valence-electron chi connectivity index (χ4n) is 3.31. The molecule has 0 saturated heterocycles. The third-order valence-corrected chi connectivity index (χ3v) is 5.88. The number of para-hydroxylation sites is 1. The number of aromatic nitrogens is 2. The molecule has 0 bridgehead atoms. The van der Waals surface area contributed by atoms with Crippen molar-refractivity contribution in [2.45, 2.75) is 11.3 Å². The summed E-state index contributed by atoms with van der Waals surface area (Å²) in [4.78, 5) is 25.7. The van der Waals surface area contributed by atoms with E-state index in [1.54, 1.807) is 18.2 Å². The number of carbonyl (C=O) groups is 1. The highest BCUT2D eigenvalue weighted by Gasteiger charge is 2.31. The van der Waals surface area contributed by atoms with Gasteiger partial charge in [-0.1, -0.05) is 24.3 Å². The van der Waals surface area contributed by atoms with Gasteiger partial charge in [-0.25, -0.2) is 17.9 Å². The van der Waals surface area contributed by atoms with Gasteiger partial charge in [0.05, 0.1) is 21.5 Å². The van der Waals surface area contributed by atoms with Gasteiger partial charge in [-0.15, -0.1) is 13.2 Å². The number of carbonyl (C=O) groups excluding carboxylic acids is 1. The van der Waals surface area contributed by atoms with Gasteiger partial charge in [0.15, 0.2) is 9.84 Å². The van der Waals surface area contributed by atoms with Crippen molar-refractivity contribution in [2.24, 2.45) is 0 Å². The smallest absolute Gasteiger partial charge is 0.422 e. The van der Waals surface area contributed by atoms with Crippen LogP contribution in [0.1, 0.15) is 10.5 Å². The Morgan fingerprint density at radius 3 is 2.17 bits per heavy atom. The highest BCUT2D eigenvalue weighted by Crippen LogP contribution is 2.26. The summed E-state index contributed by atoms with van der Waals surface area (Å²) in [7, 11) is -3.92. The third kappa shape index (κ3) is 5.17. The lowest BCUT2D eigenvalue weighted by Gasteiger charge is -2.14. The Morgan fingerprint density at radius 1 is 0.914 bits per heavy atom. The summed E-state index contributed by atoms with van der Waals surface area (Å²) in [6, 6.07) is 16.2. The Bertz CT molecular complexity index is 1580. The second kappa shape index (κ2) is 8.87. The van der Waals surface area contributed by atoms with E-state index in [0.717, 1.165) is 23.1 Å². The van der Waals surface area contributed by atoms with E-state index in [1.165, 1.54) is 42.5 Å². The first-order chi connectivity index (χ1) is 16.4. The summed E-state index contributed by atoms with van der Waals surface area (Å²) in [5.41, 5.74) is -1.55. The number of esters is 1. The van der Waals surface area contributed by atoms with Crippen LogP contribution in [0.25, 0.3) is 16.6 Å². The molecule has 0 spiro atoms. The topological polar surface area (TPSA) is 105 Å². The van der Waals surface area contributed by atoms with Crippen LogP contribution < -0.4 is 14.9 Å². The molecule has 0 N–H and O–H groups in total. The second-order valence-corrected chi connectivity index (χ2v) is 9.24. The Kier molecular flexibility index (Phi) is 6.07. The number of ether oxygens (including phenoxy) is 2. The molecule has 35 heavy (non-hydrogen) atoms. The van der Waals surface area contributed by atoms with Crippen molar-refractivity contribution in [1.82, 2.24) is 9.78 Å². The highest BCUT2D eigenvalue weighted by atomic mass is 32.2. The van der Waals surface area contributed by atoms with Crippen LogP contribution in [0, 0.1) is 0 Å². The van der Waals surface area contributed by atoms with Crippen LogP contribution in [0.4, 0.5) is 13.2 Å². The van der Waals surface area contributed by atoms with Crippen molar-refractivity contribution in [1.29, 1.82) is 0 Å². The zero-order chi connectivity index (χ0) is 25.4. The lowest BCUT2D eigenvalue weighted by molar-refractivity contribution is -0.274. The van der Waals surface area contributed by atoms with E-state index in [-0.39, 0.29) is 27.2 Å². The van der Waals surface area contributed by atoms with Crippen LogP contribution in [-0.4, -0.2) is 36.8 Å². The first-order valence-electron chi connectivity index (χ1n) is 9.83. The number of rotatable bonds is 5. The van der Waals surface area contributed by atoms with E-state index in [1.807, 2.05) is 0 Å². The summed E-state index contributed by atoms with van der Waals surface area (Å²) in [5, 5.41) is 3.75. The summed E-state index contributed by atoms with van der Waals surface area (Å²) >= 11 is 0. The molecule has 1 aromatic heterocycles. The van der Waals surface area contributed by atoms with Crippen molar-refractivity contribution < 1.29 is 35.9 Å². The van der Waals surface area contributed by atoms with Gasteiger partial charge in [0.25, 0.3) is 0 Å². The van der Waals surface area contributed by atoms with Gasteiger partial charge in [0, 0.05) is 6.26 Å². The molecule has 4 aromatic rings. The third-order valence-electron chi connectivity index (χ3n) is 4.74. The van der Waals surface area contributed by atoms with E-state index in [9.17, 15) is 31.2 Å². The van der Waals surface area contributed by atoms with E-state index >= 15 is 0 Å². The van der Waals surface area contributed by atoms with Crippen LogP contribution in [0.3, 0.4) is 0 Å². The Morgan fingerprint density at radius 2 is 1.57 bits per heavy atom. The van der Waals surface area contributed by atoms with Crippen LogP contribution in [0.5, 0.6) is 11.5 Å². The molecule has 180 valence electrons. The van der Waals surface area contributed by atoms with Crippen molar-refractivity contribution in [2.75, 3.05) is 6.26 Å². The zero-order valence-electron chi connectivity index (χ0n) is 17.8. The average Bonchev–Trinajstić information content (AvgIpc) is 2.79. The van der Waals surface area contributed by atoms with E-state index in [0.29, 0.717) is 0 Å². The largest absolute Gasteiger partial charge is 0.573 e. The average molecular weight is 504 g/mol. The molecular weight excluding hydrogens is 489 g/mol. The number of benzene rings is 3. The molecule has 1 heterocycles. The molecule has 4 rings (SSSR count). The number of hydrogen-bond donors (Lipinski definition) is 0. The van der Waals surface area contributed by atoms with Crippen LogP contribution >= 0.6 is 0 Å². The quantitative estimate of drug-likeness (QED) is 0.300. The van der Waals surface area contributed by atoms with Gasteiger partial charge in [-0.2, -0.15) is 5.10 Å². The highest BCUT2D eigenvalue weighted by molar-refractivity contribution is 7.91. The Balaban J connectivity index is 1.94. The molecule has 0 aliphatic carbocycles. The molecule has 0 radical (unpaired) electrons. The molecule has 3 aromatic carbocycles. The van der Waals surface area contributed by atoms with Crippen LogP contribution in [0.2, 0.25) is 0 Å². The normalized spacial score (nSPS) is 11.9. The molecule has 0 fully saturated rings. The molecule has 0 aliphatic heterocycles. The van der Waals surface area contributed by atoms with E-state index in [4.69, 9.17) is 4.74 Å². The number of fused-ring (bicyclic) bond motifs is 1. The summed E-state index contributed by atoms with van der Waals surface area (Å²) in [6.45, 7) is 0. The molecule has 12 heteroatoms. The van der Waals surface area contributed by atoms with Crippen LogP contribution in [-0.2, 0) is 9.84 Å². The minimum atomic E-state index is -4.90. The molecule has 8 nitrogen and oxygen atoms in total. The number of halogens is 3. The minimum Gasteiger partial charge on any atom is -0.422 e. The van der Waals surface area contributed by atoms with Crippen molar-refractivity contribution in [3.05, 3.63) is 88.7 Å². The van der Waals surface area contributed by atoms with Gasteiger partial charge >= 0.3 is 12.3 Å². The van der Waals surface area contributed by atoms with E-state index in [2.05, 4.69) is 9.84 Å². The number of sulfone groups is 1. The maximum Gasteiger partial charge on any atom is 0.573 e. The van der Waals surface area contributed by atoms with Gasteiger partial charge in [-0.3, -0.25) is 4.79 Å². The predicted octanol–water partition coefficient (Wildman–Crippen LogP) is 3.91. The first kappa shape index (κ1) is 24.0. The second-order valence-electron chi connectivity index (χ2n) is 7.26. The molecule has 0 saturated carbocycles.